The van der Waals surface area contributed by atoms with Crippen LogP contribution in [-0.2, 0) is 11.0 Å². The van der Waals surface area contributed by atoms with Crippen molar-refractivity contribution in [1.82, 2.24) is 9.80 Å². The van der Waals surface area contributed by atoms with Gasteiger partial charge in [0.1, 0.15) is 0 Å². The van der Waals surface area contributed by atoms with Crippen LogP contribution in [0.3, 0.4) is 0 Å². The van der Waals surface area contributed by atoms with E-state index in [9.17, 15) is 18.0 Å². The van der Waals surface area contributed by atoms with E-state index in [-0.39, 0.29) is 18.1 Å². The number of alkyl halides is 3. The van der Waals surface area contributed by atoms with Gasteiger partial charge >= 0.3 is 6.18 Å². The van der Waals surface area contributed by atoms with Gasteiger partial charge < -0.3 is 11.1 Å². The molecule has 1 saturated heterocycles. The van der Waals surface area contributed by atoms with Crippen LogP contribution in [0.4, 0.5) is 18.9 Å². The van der Waals surface area contributed by atoms with Crippen LogP contribution in [0.1, 0.15) is 5.56 Å². The van der Waals surface area contributed by atoms with Gasteiger partial charge in [0.15, 0.2) is 0 Å². The molecule has 0 unspecified atom stereocenters. The first-order valence-corrected chi connectivity index (χ1v) is 7.99. The van der Waals surface area contributed by atoms with E-state index in [1.165, 1.54) is 6.07 Å². The number of halogens is 4. The molecule has 9 heteroatoms. The average molecular weight is 365 g/mol. The highest BCUT2D eigenvalue weighted by molar-refractivity contribution is 6.31. The molecule has 1 aromatic carbocycles. The Morgan fingerprint density at radius 3 is 2.42 bits per heavy atom. The van der Waals surface area contributed by atoms with Crippen LogP contribution >= 0.6 is 11.6 Å². The number of hydrogen-bond donors (Lipinski definition) is 2. The molecule has 1 aromatic rings. The van der Waals surface area contributed by atoms with E-state index in [4.69, 9.17) is 17.3 Å². The summed E-state index contributed by atoms with van der Waals surface area (Å²) in [6.45, 7) is 4.65. The lowest BCUT2D eigenvalue weighted by Gasteiger charge is -2.33. The van der Waals surface area contributed by atoms with Crippen LogP contribution < -0.4 is 11.1 Å². The number of carbonyl (C=O) groups excluding carboxylic acids is 1. The van der Waals surface area contributed by atoms with Crippen molar-refractivity contribution in [3.63, 3.8) is 0 Å². The molecule has 1 amide bonds. The summed E-state index contributed by atoms with van der Waals surface area (Å²) >= 11 is 5.56. The third-order valence-corrected chi connectivity index (χ3v) is 4.16. The zero-order valence-electron chi connectivity index (χ0n) is 13.1. The third kappa shape index (κ3) is 5.34. The first kappa shape index (κ1) is 19.0. The largest absolute Gasteiger partial charge is 0.417 e. The SMILES string of the molecule is NCCN1CCN(CC(=O)Nc2ccc(Cl)c(C(F)(F)F)c2)CC1. The van der Waals surface area contributed by atoms with E-state index in [0.29, 0.717) is 6.54 Å². The second-order valence-electron chi connectivity index (χ2n) is 5.65. The number of benzene rings is 1. The van der Waals surface area contributed by atoms with Crippen molar-refractivity contribution in [2.75, 3.05) is 51.1 Å². The zero-order valence-corrected chi connectivity index (χ0v) is 13.8. The molecule has 0 radical (unpaired) electrons. The standard InChI is InChI=1S/C15H20ClF3N4O/c16-13-2-1-11(9-12(13)15(17,18)19)21-14(24)10-23-7-5-22(4-3-20)6-8-23/h1-2,9H,3-8,10,20H2,(H,21,24). The fourth-order valence-electron chi connectivity index (χ4n) is 2.58. The Morgan fingerprint density at radius 2 is 1.83 bits per heavy atom. The molecule has 0 spiro atoms. The van der Waals surface area contributed by atoms with Crippen LogP contribution in [0, 0.1) is 0 Å². The lowest BCUT2D eigenvalue weighted by atomic mass is 10.2. The van der Waals surface area contributed by atoms with Crippen molar-refractivity contribution in [3.05, 3.63) is 28.8 Å². The van der Waals surface area contributed by atoms with Crippen molar-refractivity contribution < 1.29 is 18.0 Å². The summed E-state index contributed by atoms with van der Waals surface area (Å²) in [5.41, 5.74) is 4.63. The smallest absolute Gasteiger partial charge is 0.329 e. The van der Waals surface area contributed by atoms with Crippen LogP contribution in [0.25, 0.3) is 0 Å². The highest BCUT2D eigenvalue weighted by atomic mass is 35.5. The molecular weight excluding hydrogens is 345 g/mol. The number of piperazine rings is 1. The van der Waals surface area contributed by atoms with Gasteiger partial charge in [-0.05, 0) is 18.2 Å². The second-order valence-corrected chi connectivity index (χ2v) is 6.05. The number of amides is 1. The topological polar surface area (TPSA) is 61.6 Å². The van der Waals surface area contributed by atoms with Crippen molar-refractivity contribution >= 4 is 23.2 Å². The summed E-state index contributed by atoms with van der Waals surface area (Å²) in [7, 11) is 0. The van der Waals surface area contributed by atoms with Crippen LogP contribution in [0.2, 0.25) is 5.02 Å². The van der Waals surface area contributed by atoms with Gasteiger partial charge in [-0.3, -0.25) is 14.6 Å². The number of carbonyl (C=O) groups is 1. The summed E-state index contributed by atoms with van der Waals surface area (Å²) in [6.07, 6.45) is -4.56. The Morgan fingerprint density at radius 1 is 1.21 bits per heavy atom. The van der Waals surface area contributed by atoms with E-state index in [0.717, 1.165) is 44.9 Å². The molecule has 24 heavy (non-hydrogen) atoms. The number of nitrogens with two attached hydrogens (primary N) is 1. The van der Waals surface area contributed by atoms with Gasteiger partial charge in [-0.2, -0.15) is 13.2 Å². The number of nitrogens with zero attached hydrogens (tertiary/aromatic N) is 2. The van der Waals surface area contributed by atoms with E-state index in [2.05, 4.69) is 10.2 Å². The molecule has 134 valence electrons. The molecular formula is C15H20ClF3N4O. The predicted molar refractivity (Wildman–Crippen MR) is 87.0 cm³/mol. The maximum absolute atomic E-state index is 12.8. The fraction of sp³-hybridized carbons (Fsp3) is 0.533. The second kappa shape index (κ2) is 8.15. The van der Waals surface area contributed by atoms with E-state index < -0.39 is 16.8 Å². The molecule has 0 bridgehead atoms. The molecule has 1 aliphatic heterocycles. The number of anilines is 1. The summed E-state index contributed by atoms with van der Waals surface area (Å²) in [6, 6.07) is 3.33. The van der Waals surface area contributed by atoms with Gasteiger partial charge in [-0.25, -0.2) is 0 Å². The Bertz CT molecular complexity index is 574. The predicted octanol–water partition coefficient (Wildman–Crippen LogP) is 1.87. The van der Waals surface area contributed by atoms with Gasteiger partial charge in [0.2, 0.25) is 5.91 Å². The lowest BCUT2D eigenvalue weighted by molar-refractivity contribution is -0.137. The van der Waals surface area contributed by atoms with Gasteiger partial charge in [-0.1, -0.05) is 11.6 Å². The van der Waals surface area contributed by atoms with Crippen LogP contribution in [0.15, 0.2) is 18.2 Å². The number of nitrogens with one attached hydrogen (secondary N) is 1. The Labute approximate surface area is 143 Å². The monoisotopic (exact) mass is 364 g/mol. The zero-order chi connectivity index (χ0) is 17.7. The molecule has 5 nitrogen and oxygen atoms in total. The highest BCUT2D eigenvalue weighted by Gasteiger charge is 2.33. The van der Waals surface area contributed by atoms with Crippen molar-refractivity contribution in [2.45, 2.75) is 6.18 Å². The van der Waals surface area contributed by atoms with Gasteiger partial charge in [-0.15, -0.1) is 0 Å². The van der Waals surface area contributed by atoms with Crippen molar-refractivity contribution in [2.24, 2.45) is 5.73 Å². The van der Waals surface area contributed by atoms with Crippen LogP contribution in [-0.4, -0.2) is 61.5 Å². The van der Waals surface area contributed by atoms with Crippen molar-refractivity contribution in [1.29, 1.82) is 0 Å². The molecule has 3 N–H and O–H groups in total. The molecule has 0 atom stereocenters. The quantitative estimate of drug-likeness (QED) is 0.837. The first-order chi connectivity index (χ1) is 11.3. The molecule has 1 fully saturated rings. The molecule has 1 heterocycles. The first-order valence-electron chi connectivity index (χ1n) is 7.61. The molecule has 0 aromatic heterocycles. The summed E-state index contributed by atoms with van der Waals surface area (Å²) < 4.78 is 38.5. The molecule has 1 aliphatic rings. The normalized spacial score (nSPS) is 17.0. The minimum absolute atomic E-state index is 0.0819. The summed E-state index contributed by atoms with van der Waals surface area (Å²) in [4.78, 5) is 16.2. The summed E-state index contributed by atoms with van der Waals surface area (Å²) in [5.74, 6) is -0.349. The summed E-state index contributed by atoms with van der Waals surface area (Å²) in [5, 5.41) is 2.10. The maximum atomic E-state index is 12.8. The Balaban J connectivity index is 1.89. The maximum Gasteiger partial charge on any atom is 0.417 e. The minimum Gasteiger partial charge on any atom is -0.329 e. The number of hydrogen-bond acceptors (Lipinski definition) is 4. The average Bonchev–Trinajstić information content (AvgIpc) is 2.50. The minimum atomic E-state index is -4.56. The Kier molecular flexibility index (Phi) is 6.45. The fourth-order valence-corrected chi connectivity index (χ4v) is 2.80. The van der Waals surface area contributed by atoms with E-state index in [1.54, 1.807) is 0 Å². The number of rotatable bonds is 5. The van der Waals surface area contributed by atoms with E-state index >= 15 is 0 Å². The van der Waals surface area contributed by atoms with Gasteiger partial charge in [0, 0.05) is 45.0 Å². The molecule has 0 saturated carbocycles. The van der Waals surface area contributed by atoms with Crippen molar-refractivity contribution in [3.8, 4) is 0 Å². The molecule has 0 aliphatic carbocycles. The lowest BCUT2D eigenvalue weighted by Crippen LogP contribution is -2.49. The van der Waals surface area contributed by atoms with Gasteiger partial charge in [0.25, 0.3) is 0 Å². The highest BCUT2D eigenvalue weighted by Crippen LogP contribution is 2.36. The van der Waals surface area contributed by atoms with Gasteiger partial charge in [0.05, 0.1) is 17.1 Å². The molecule has 2 rings (SSSR count). The third-order valence-electron chi connectivity index (χ3n) is 3.83. The Hall–Kier alpha value is -1.35. The van der Waals surface area contributed by atoms with E-state index in [1.807, 2.05) is 4.90 Å². The van der Waals surface area contributed by atoms with Crippen LogP contribution in [0.5, 0.6) is 0 Å².